The van der Waals surface area contributed by atoms with Gasteiger partial charge in [0, 0.05) is 47.5 Å². The molecule has 3 aromatic rings. The Labute approximate surface area is 248 Å². The van der Waals surface area contributed by atoms with Gasteiger partial charge in [-0.2, -0.15) is 0 Å². The summed E-state index contributed by atoms with van der Waals surface area (Å²) in [7, 11) is -1.10. The average Bonchev–Trinajstić information content (AvgIpc) is 2.98. The van der Waals surface area contributed by atoms with Crippen LogP contribution in [0.3, 0.4) is 0 Å². The predicted octanol–water partition coefficient (Wildman–Crippen LogP) is 8.36. The van der Waals surface area contributed by atoms with Gasteiger partial charge in [0.2, 0.25) is 0 Å². The van der Waals surface area contributed by atoms with Gasteiger partial charge in [-0.05, 0) is 65.6 Å². The van der Waals surface area contributed by atoms with Gasteiger partial charge in [0.05, 0.1) is 0 Å². The number of carbonyl (C=O) groups excluding carboxylic acids is 1. The molecule has 1 atom stereocenters. The molecule has 0 radical (unpaired) electrons. The van der Waals surface area contributed by atoms with Crippen LogP contribution in [0.4, 0.5) is 16.2 Å². The van der Waals surface area contributed by atoms with E-state index in [0.29, 0.717) is 18.8 Å². The maximum atomic E-state index is 14.3. The molecule has 2 aromatic carbocycles. The number of anilines is 2. The number of para-hydroxylation sites is 1. The minimum atomic E-state index is -1.10. The first-order valence-electron chi connectivity index (χ1n) is 15.1. The van der Waals surface area contributed by atoms with E-state index in [9.17, 15) is 9.00 Å². The smallest absolute Gasteiger partial charge is 0.319 e. The van der Waals surface area contributed by atoms with Crippen molar-refractivity contribution in [1.82, 2.24) is 9.88 Å². The molecule has 2 amide bonds. The van der Waals surface area contributed by atoms with Crippen LogP contribution in [0.15, 0.2) is 66.9 Å². The molecular formula is C34H46N4O2S. The Hall–Kier alpha value is -3.19. The zero-order valence-electron chi connectivity index (χ0n) is 25.3. The van der Waals surface area contributed by atoms with Gasteiger partial charge in [0.15, 0.2) is 0 Å². The number of aromatic nitrogens is 1. The van der Waals surface area contributed by atoms with Gasteiger partial charge in [-0.15, -0.1) is 0 Å². The molecule has 1 unspecified atom stereocenters. The number of carbonyl (C=O) groups is 1. The van der Waals surface area contributed by atoms with Crippen molar-refractivity contribution in [2.75, 3.05) is 22.3 Å². The Kier molecular flexibility index (Phi) is 10.6. The van der Waals surface area contributed by atoms with Crippen molar-refractivity contribution in [3.63, 3.8) is 0 Å². The molecule has 7 heteroatoms. The topological polar surface area (TPSA) is 74.3 Å². The number of amides is 2. The van der Waals surface area contributed by atoms with Gasteiger partial charge in [0.1, 0.15) is 11.0 Å². The second-order valence-electron chi connectivity index (χ2n) is 11.9. The summed E-state index contributed by atoms with van der Waals surface area (Å²) in [6.07, 6.45) is 7.38. The number of pyridine rings is 1. The van der Waals surface area contributed by atoms with Gasteiger partial charge < -0.3 is 14.9 Å². The Bertz CT molecular complexity index is 1280. The number of rotatable bonds is 11. The summed E-state index contributed by atoms with van der Waals surface area (Å²) in [6.45, 7) is 11.6. The van der Waals surface area contributed by atoms with Crippen molar-refractivity contribution in [2.45, 2.75) is 90.5 Å². The molecule has 4 rings (SSSR count). The van der Waals surface area contributed by atoms with Crippen LogP contribution in [0.5, 0.6) is 0 Å². The summed E-state index contributed by atoms with van der Waals surface area (Å²) >= 11 is 0. The molecule has 1 saturated carbocycles. The molecule has 0 aliphatic heterocycles. The van der Waals surface area contributed by atoms with Gasteiger partial charge in [0.25, 0.3) is 0 Å². The van der Waals surface area contributed by atoms with Gasteiger partial charge >= 0.3 is 6.03 Å². The third-order valence-corrected chi connectivity index (χ3v) is 9.21. The molecular weight excluding hydrogens is 528 g/mol. The van der Waals surface area contributed by atoms with E-state index in [0.717, 1.165) is 59.4 Å². The highest BCUT2D eigenvalue weighted by Gasteiger charge is 2.38. The quantitative estimate of drug-likeness (QED) is 0.242. The van der Waals surface area contributed by atoms with E-state index in [1.165, 1.54) is 6.42 Å². The summed E-state index contributed by atoms with van der Waals surface area (Å²) in [6, 6.07) is 20.3. The summed E-state index contributed by atoms with van der Waals surface area (Å²) in [5, 5.41) is 3.38. The third-order valence-electron chi connectivity index (χ3n) is 8.23. The molecule has 0 bridgehead atoms. The second kappa shape index (κ2) is 14.1. The minimum absolute atomic E-state index is 0.0878. The molecule has 1 fully saturated rings. The van der Waals surface area contributed by atoms with Crippen molar-refractivity contribution < 1.29 is 9.00 Å². The Balaban J connectivity index is 1.69. The fourth-order valence-electron chi connectivity index (χ4n) is 5.95. The van der Waals surface area contributed by atoms with E-state index in [4.69, 9.17) is 4.98 Å². The lowest BCUT2D eigenvalue weighted by Gasteiger charge is -2.41. The van der Waals surface area contributed by atoms with E-state index < -0.39 is 11.0 Å². The van der Waals surface area contributed by atoms with E-state index >= 15 is 0 Å². The summed E-state index contributed by atoms with van der Waals surface area (Å²) in [5.41, 5.74) is 5.97. The number of hydrogen-bond acceptors (Lipinski definition) is 3. The van der Waals surface area contributed by atoms with Crippen LogP contribution in [0.2, 0.25) is 0 Å². The molecule has 1 heterocycles. The maximum Gasteiger partial charge on any atom is 0.322 e. The lowest BCUT2D eigenvalue weighted by Crippen LogP contribution is -2.46. The van der Waals surface area contributed by atoms with Crippen molar-refractivity contribution in [3.8, 4) is 0 Å². The lowest BCUT2D eigenvalue weighted by molar-refractivity contribution is 0.167. The Morgan fingerprint density at radius 3 is 2.15 bits per heavy atom. The number of nitrogens with zero attached hydrogens (tertiary/aromatic N) is 2. The van der Waals surface area contributed by atoms with Crippen LogP contribution in [-0.2, 0) is 22.9 Å². The first-order chi connectivity index (χ1) is 19.7. The van der Waals surface area contributed by atoms with Crippen LogP contribution < -0.4 is 10.0 Å². The largest absolute Gasteiger partial charge is 0.322 e. The predicted molar refractivity (Wildman–Crippen MR) is 172 cm³/mol. The third kappa shape index (κ3) is 7.76. The lowest BCUT2D eigenvalue weighted by atomic mass is 9.71. The average molecular weight is 575 g/mol. The first kappa shape index (κ1) is 30.8. The van der Waals surface area contributed by atoms with Gasteiger partial charge in [-0.1, -0.05) is 90.3 Å². The normalized spacial score (nSPS) is 15.5. The SMILES string of the molecule is CCS(=O)Nc1ccc(CN(CC2(c3ccccn3)CCCCC2)C(=O)Nc2c(C(C)C)cccc2C(C)C)cc1. The van der Waals surface area contributed by atoms with E-state index in [1.807, 2.05) is 48.4 Å². The van der Waals surface area contributed by atoms with Crippen molar-refractivity contribution in [3.05, 3.63) is 89.2 Å². The van der Waals surface area contributed by atoms with Crippen molar-refractivity contribution >= 4 is 28.4 Å². The minimum Gasteiger partial charge on any atom is -0.319 e. The second-order valence-corrected chi connectivity index (χ2v) is 13.4. The van der Waals surface area contributed by atoms with E-state index in [-0.39, 0.29) is 23.3 Å². The summed E-state index contributed by atoms with van der Waals surface area (Å²) in [4.78, 5) is 21.1. The fourth-order valence-corrected chi connectivity index (χ4v) is 6.49. The Morgan fingerprint density at radius 2 is 1.59 bits per heavy atom. The summed E-state index contributed by atoms with van der Waals surface area (Å²) in [5.74, 6) is 1.11. The monoisotopic (exact) mass is 574 g/mol. The standard InChI is InChI=1S/C34H46N4O2S/c1-6-41(40)37-28-18-16-27(17-19-28)23-38(24-34(20-9-7-10-21-34)31-15-8-11-22-35-31)33(39)36-32-29(25(2)3)13-12-14-30(32)26(4)5/h8,11-19,22,25-26,37H,6-7,9-10,20-21,23-24H2,1-5H3,(H,36,39). The van der Waals surface area contributed by atoms with Crippen LogP contribution in [-0.4, -0.2) is 32.4 Å². The molecule has 220 valence electrons. The number of urea groups is 1. The molecule has 2 N–H and O–H groups in total. The number of hydrogen-bond donors (Lipinski definition) is 2. The van der Waals surface area contributed by atoms with Crippen LogP contribution in [0, 0.1) is 0 Å². The van der Waals surface area contributed by atoms with Crippen molar-refractivity contribution in [2.24, 2.45) is 0 Å². The molecule has 1 aromatic heterocycles. The Morgan fingerprint density at radius 1 is 0.927 bits per heavy atom. The van der Waals surface area contributed by atoms with Crippen molar-refractivity contribution in [1.29, 1.82) is 0 Å². The number of benzene rings is 2. The summed E-state index contributed by atoms with van der Waals surface area (Å²) < 4.78 is 15.0. The maximum absolute atomic E-state index is 14.3. The van der Waals surface area contributed by atoms with Crippen LogP contribution in [0.1, 0.15) is 101 Å². The zero-order valence-corrected chi connectivity index (χ0v) is 26.1. The highest BCUT2D eigenvalue weighted by atomic mass is 32.2. The first-order valence-corrected chi connectivity index (χ1v) is 16.4. The van der Waals surface area contributed by atoms with E-state index in [2.05, 4.69) is 68.1 Å². The van der Waals surface area contributed by atoms with Gasteiger partial charge in [-0.25, -0.2) is 9.00 Å². The van der Waals surface area contributed by atoms with E-state index in [1.54, 1.807) is 0 Å². The molecule has 1 aliphatic rings. The van der Waals surface area contributed by atoms with Crippen LogP contribution >= 0.6 is 0 Å². The molecule has 1 aliphatic carbocycles. The molecule has 41 heavy (non-hydrogen) atoms. The van der Waals surface area contributed by atoms with Gasteiger partial charge in [-0.3, -0.25) is 4.98 Å². The fraction of sp³-hybridized carbons (Fsp3) is 0.471. The molecule has 0 saturated heterocycles. The van der Waals surface area contributed by atoms with Crippen LogP contribution in [0.25, 0.3) is 0 Å². The number of nitrogens with one attached hydrogen (secondary N) is 2. The molecule has 6 nitrogen and oxygen atoms in total. The zero-order chi connectivity index (χ0) is 29.4. The molecule has 0 spiro atoms. The highest BCUT2D eigenvalue weighted by molar-refractivity contribution is 7.86. The highest BCUT2D eigenvalue weighted by Crippen LogP contribution is 2.40.